The number of rotatable bonds is 6. The molecule has 0 bridgehead atoms. The van der Waals surface area contributed by atoms with Crippen molar-refractivity contribution in [2.45, 2.75) is 32.9 Å². The number of aryl methyl sites for hydroxylation is 1. The van der Waals surface area contributed by atoms with E-state index >= 15 is 0 Å². The normalized spacial score (nSPS) is 10.7. The molecule has 2 rings (SSSR count). The maximum Gasteiger partial charge on any atom is 0.226 e. The average molecular weight is 326 g/mol. The second kappa shape index (κ2) is 6.68. The number of benzene rings is 1. The van der Waals surface area contributed by atoms with Crippen molar-refractivity contribution >= 4 is 15.9 Å². The molecule has 2 N–H and O–H groups in total. The van der Waals surface area contributed by atoms with E-state index in [4.69, 9.17) is 15.0 Å². The van der Waals surface area contributed by atoms with Gasteiger partial charge in [0.05, 0.1) is 4.47 Å². The molecule has 0 amide bonds. The van der Waals surface area contributed by atoms with E-state index in [1.54, 1.807) is 0 Å². The van der Waals surface area contributed by atoms with Crippen LogP contribution in [0.15, 0.2) is 27.2 Å². The Hall–Kier alpha value is -1.40. The molecule has 0 aliphatic heterocycles. The van der Waals surface area contributed by atoms with Crippen molar-refractivity contribution in [2.75, 3.05) is 0 Å². The van der Waals surface area contributed by atoms with Crippen LogP contribution in [0.4, 0.5) is 0 Å². The number of aromatic nitrogens is 2. The molecule has 0 radical (unpaired) electrons. The Kier molecular flexibility index (Phi) is 4.93. The molecule has 1 aromatic heterocycles. The Morgan fingerprint density at radius 2 is 2.26 bits per heavy atom. The van der Waals surface area contributed by atoms with Gasteiger partial charge >= 0.3 is 0 Å². The molecular formula is C13H16BrN3O2. The van der Waals surface area contributed by atoms with Crippen LogP contribution in [0, 0.1) is 0 Å². The summed E-state index contributed by atoms with van der Waals surface area (Å²) in [5, 5.41) is 3.88. The van der Waals surface area contributed by atoms with E-state index in [-0.39, 0.29) is 6.61 Å². The van der Waals surface area contributed by atoms with E-state index in [9.17, 15) is 0 Å². The Balaban J connectivity index is 2.05. The zero-order valence-corrected chi connectivity index (χ0v) is 12.3. The van der Waals surface area contributed by atoms with E-state index in [1.165, 1.54) is 0 Å². The van der Waals surface area contributed by atoms with Crippen molar-refractivity contribution in [1.82, 2.24) is 10.1 Å². The summed E-state index contributed by atoms with van der Waals surface area (Å²) in [6, 6.07) is 5.76. The summed E-state index contributed by atoms with van der Waals surface area (Å²) in [7, 11) is 0. The van der Waals surface area contributed by atoms with Crippen LogP contribution in [-0.4, -0.2) is 10.1 Å². The number of hydrogen-bond donors (Lipinski definition) is 1. The molecule has 0 aliphatic rings. The third-order valence-electron chi connectivity index (χ3n) is 2.59. The maximum absolute atomic E-state index is 5.72. The zero-order valence-electron chi connectivity index (χ0n) is 10.7. The number of ether oxygens (including phenoxy) is 1. The van der Waals surface area contributed by atoms with Gasteiger partial charge in [0.2, 0.25) is 11.7 Å². The van der Waals surface area contributed by atoms with Crippen LogP contribution in [0.2, 0.25) is 0 Å². The van der Waals surface area contributed by atoms with Gasteiger partial charge in [0.1, 0.15) is 5.75 Å². The molecule has 0 spiro atoms. The molecule has 2 aromatic rings. The highest BCUT2D eigenvalue weighted by Crippen LogP contribution is 2.29. The molecule has 19 heavy (non-hydrogen) atoms. The van der Waals surface area contributed by atoms with Gasteiger partial charge in [-0.15, -0.1) is 0 Å². The minimum absolute atomic E-state index is 0.267. The van der Waals surface area contributed by atoms with Crippen molar-refractivity contribution in [3.63, 3.8) is 0 Å². The van der Waals surface area contributed by atoms with E-state index < -0.39 is 0 Å². The van der Waals surface area contributed by atoms with Crippen LogP contribution in [0.25, 0.3) is 0 Å². The predicted octanol–water partition coefficient (Wildman–Crippen LogP) is 2.82. The van der Waals surface area contributed by atoms with Crippen molar-refractivity contribution < 1.29 is 9.26 Å². The van der Waals surface area contributed by atoms with E-state index in [1.807, 2.05) is 18.2 Å². The maximum atomic E-state index is 5.72. The van der Waals surface area contributed by atoms with Crippen molar-refractivity contribution in [3.05, 3.63) is 40.0 Å². The van der Waals surface area contributed by atoms with Crippen LogP contribution in [0.1, 0.15) is 30.6 Å². The summed E-state index contributed by atoms with van der Waals surface area (Å²) in [5.74, 6) is 1.92. The summed E-state index contributed by atoms with van der Waals surface area (Å²) >= 11 is 3.45. The molecule has 1 heterocycles. The molecule has 0 saturated heterocycles. The summed E-state index contributed by atoms with van der Waals surface area (Å²) in [5.41, 5.74) is 6.62. The van der Waals surface area contributed by atoms with Crippen molar-refractivity contribution in [1.29, 1.82) is 0 Å². The fraction of sp³-hybridized carbons (Fsp3) is 0.385. The number of para-hydroxylation sites is 1. The molecule has 0 atom stereocenters. The van der Waals surface area contributed by atoms with Crippen LogP contribution >= 0.6 is 15.9 Å². The molecule has 102 valence electrons. The third kappa shape index (κ3) is 3.54. The van der Waals surface area contributed by atoms with Crippen LogP contribution in [0.5, 0.6) is 5.75 Å². The predicted molar refractivity (Wildman–Crippen MR) is 74.7 cm³/mol. The fourth-order valence-electron chi connectivity index (χ4n) is 1.68. The average Bonchev–Trinajstić information content (AvgIpc) is 2.85. The lowest BCUT2D eigenvalue weighted by molar-refractivity contribution is 0.281. The molecule has 0 unspecified atom stereocenters. The second-order valence-corrected chi connectivity index (χ2v) is 4.93. The number of nitrogens with two attached hydrogens (primary N) is 1. The number of hydrogen-bond acceptors (Lipinski definition) is 5. The molecule has 0 saturated carbocycles. The van der Waals surface area contributed by atoms with Gasteiger partial charge in [-0.2, -0.15) is 4.98 Å². The van der Waals surface area contributed by atoms with E-state index in [2.05, 4.69) is 33.0 Å². The standard InChI is InChI=1S/C13H16BrN3O2/c1-2-4-12-16-11(17-19-12)8-18-13-9(7-15)5-3-6-10(13)14/h3,5-6H,2,4,7-8,15H2,1H3. The Bertz CT molecular complexity index is 542. The quantitative estimate of drug-likeness (QED) is 0.883. The zero-order chi connectivity index (χ0) is 13.7. The first kappa shape index (κ1) is 14.0. The summed E-state index contributed by atoms with van der Waals surface area (Å²) < 4.78 is 11.7. The first-order chi connectivity index (χ1) is 9.24. The van der Waals surface area contributed by atoms with Gasteiger partial charge in [-0.25, -0.2) is 0 Å². The molecule has 5 nitrogen and oxygen atoms in total. The molecule has 0 aliphatic carbocycles. The monoisotopic (exact) mass is 325 g/mol. The molecule has 0 fully saturated rings. The fourth-order valence-corrected chi connectivity index (χ4v) is 2.20. The lowest BCUT2D eigenvalue weighted by Crippen LogP contribution is -2.04. The summed E-state index contributed by atoms with van der Waals surface area (Å²) in [6.07, 6.45) is 1.76. The molecular weight excluding hydrogens is 310 g/mol. The van der Waals surface area contributed by atoms with Crippen LogP contribution < -0.4 is 10.5 Å². The Morgan fingerprint density at radius 3 is 3.00 bits per heavy atom. The smallest absolute Gasteiger partial charge is 0.226 e. The minimum atomic E-state index is 0.267. The topological polar surface area (TPSA) is 74.2 Å². The Morgan fingerprint density at radius 1 is 1.42 bits per heavy atom. The Labute approximate surface area is 120 Å². The third-order valence-corrected chi connectivity index (χ3v) is 3.21. The van der Waals surface area contributed by atoms with E-state index in [0.29, 0.717) is 18.3 Å². The largest absolute Gasteiger partial charge is 0.484 e. The van der Waals surface area contributed by atoms with Crippen LogP contribution in [-0.2, 0) is 19.6 Å². The lowest BCUT2D eigenvalue weighted by Gasteiger charge is -2.10. The minimum Gasteiger partial charge on any atom is -0.484 e. The lowest BCUT2D eigenvalue weighted by atomic mass is 10.2. The highest BCUT2D eigenvalue weighted by Gasteiger charge is 2.10. The van der Waals surface area contributed by atoms with Gasteiger partial charge in [0.15, 0.2) is 6.61 Å². The van der Waals surface area contributed by atoms with E-state index in [0.717, 1.165) is 28.6 Å². The molecule has 6 heteroatoms. The summed E-state index contributed by atoms with van der Waals surface area (Å²) in [4.78, 5) is 4.25. The van der Waals surface area contributed by atoms with Gasteiger partial charge in [-0.1, -0.05) is 24.2 Å². The first-order valence-corrected chi connectivity index (χ1v) is 6.95. The van der Waals surface area contributed by atoms with Gasteiger partial charge in [-0.05, 0) is 28.4 Å². The SMILES string of the molecule is CCCc1nc(COc2c(Br)cccc2CN)no1. The van der Waals surface area contributed by atoms with Crippen molar-refractivity contribution in [3.8, 4) is 5.75 Å². The second-order valence-electron chi connectivity index (χ2n) is 4.08. The highest BCUT2D eigenvalue weighted by atomic mass is 79.9. The van der Waals surface area contributed by atoms with Gasteiger partial charge in [-0.3, -0.25) is 0 Å². The molecule has 1 aromatic carbocycles. The van der Waals surface area contributed by atoms with Gasteiger partial charge in [0, 0.05) is 18.5 Å². The number of halogens is 1. The first-order valence-electron chi connectivity index (χ1n) is 6.16. The van der Waals surface area contributed by atoms with Gasteiger partial charge < -0.3 is 15.0 Å². The van der Waals surface area contributed by atoms with Crippen molar-refractivity contribution in [2.24, 2.45) is 5.73 Å². The van der Waals surface area contributed by atoms with Crippen LogP contribution in [0.3, 0.4) is 0 Å². The number of nitrogens with zero attached hydrogens (tertiary/aromatic N) is 2. The summed E-state index contributed by atoms with van der Waals surface area (Å²) in [6.45, 7) is 2.75. The van der Waals surface area contributed by atoms with Gasteiger partial charge in [0.25, 0.3) is 0 Å². The highest BCUT2D eigenvalue weighted by molar-refractivity contribution is 9.10.